The maximum Gasteiger partial charge on any atom is 0.145 e. The molecule has 11 heavy (non-hydrogen) atoms. The van der Waals surface area contributed by atoms with Crippen molar-refractivity contribution in [2.75, 3.05) is 0 Å². The second-order valence-corrected chi connectivity index (χ2v) is 3.16. The minimum absolute atomic E-state index is 0.547. The molecule has 62 valence electrons. The van der Waals surface area contributed by atoms with Crippen LogP contribution in [0.15, 0.2) is 23.3 Å². The van der Waals surface area contributed by atoms with Crippen LogP contribution in [0, 0.1) is 5.92 Å². The minimum atomic E-state index is 0.547. The standard InChI is InChI=1S/C10H16O/c1-8(2)5-9(3)6-10(4)7-11/h5-8H,1-4H3/b9-5+,10-6+. The van der Waals surface area contributed by atoms with Crippen molar-refractivity contribution >= 4 is 6.29 Å². The van der Waals surface area contributed by atoms with Crippen LogP contribution in [0.1, 0.15) is 27.7 Å². The highest BCUT2D eigenvalue weighted by Crippen LogP contribution is 2.04. The molecule has 0 aromatic carbocycles. The van der Waals surface area contributed by atoms with E-state index in [1.165, 1.54) is 0 Å². The lowest BCUT2D eigenvalue weighted by Gasteiger charge is -1.97. The number of hydrogen-bond donors (Lipinski definition) is 0. The Hall–Kier alpha value is -0.850. The summed E-state index contributed by atoms with van der Waals surface area (Å²) in [4.78, 5) is 10.2. The Morgan fingerprint density at radius 1 is 1.18 bits per heavy atom. The summed E-state index contributed by atoms with van der Waals surface area (Å²) in [6.45, 7) is 8.05. The van der Waals surface area contributed by atoms with E-state index >= 15 is 0 Å². The minimum Gasteiger partial charge on any atom is -0.298 e. The summed E-state index contributed by atoms with van der Waals surface area (Å²) < 4.78 is 0. The van der Waals surface area contributed by atoms with E-state index in [4.69, 9.17) is 0 Å². The summed E-state index contributed by atoms with van der Waals surface area (Å²) in [7, 11) is 0. The quantitative estimate of drug-likeness (QED) is 0.345. The van der Waals surface area contributed by atoms with Gasteiger partial charge in [-0.25, -0.2) is 0 Å². The van der Waals surface area contributed by atoms with Gasteiger partial charge in [0.25, 0.3) is 0 Å². The number of hydrogen-bond acceptors (Lipinski definition) is 1. The van der Waals surface area contributed by atoms with Gasteiger partial charge in [-0.15, -0.1) is 0 Å². The van der Waals surface area contributed by atoms with Gasteiger partial charge in [0.1, 0.15) is 6.29 Å². The monoisotopic (exact) mass is 152 g/mol. The summed E-state index contributed by atoms with van der Waals surface area (Å²) in [5, 5.41) is 0. The van der Waals surface area contributed by atoms with Crippen molar-refractivity contribution in [2.24, 2.45) is 5.92 Å². The van der Waals surface area contributed by atoms with Crippen molar-refractivity contribution in [1.29, 1.82) is 0 Å². The third kappa shape index (κ3) is 5.59. The average Bonchev–Trinajstić information content (AvgIpc) is 1.85. The molecule has 1 nitrogen and oxygen atoms in total. The smallest absolute Gasteiger partial charge is 0.145 e. The summed E-state index contributed by atoms with van der Waals surface area (Å²) in [6.07, 6.45) is 4.90. The van der Waals surface area contributed by atoms with E-state index in [1.54, 1.807) is 0 Å². The summed E-state index contributed by atoms with van der Waals surface area (Å²) in [5.41, 5.74) is 1.93. The number of carbonyl (C=O) groups excluding carboxylic acids is 1. The molecule has 0 aliphatic rings. The zero-order valence-corrected chi connectivity index (χ0v) is 7.72. The number of allylic oxidation sites excluding steroid dienone is 4. The van der Waals surface area contributed by atoms with Crippen molar-refractivity contribution in [3.8, 4) is 0 Å². The molecular formula is C10H16O. The fraction of sp³-hybridized carbons (Fsp3) is 0.500. The molecule has 0 bridgehead atoms. The van der Waals surface area contributed by atoms with Gasteiger partial charge in [-0.05, 0) is 25.3 Å². The van der Waals surface area contributed by atoms with E-state index in [1.807, 2.05) is 19.9 Å². The first-order valence-corrected chi connectivity index (χ1v) is 3.88. The van der Waals surface area contributed by atoms with Crippen molar-refractivity contribution < 1.29 is 4.79 Å². The van der Waals surface area contributed by atoms with E-state index in [2.05, 4.69) is 19.9 Å². The van der Waals surface area contributed by atoms with Crippen molar-refractivity contribution in [3.63, 3.8) is 0 Å². The van der Waals surface area contributed by atoms with Crippen molar-refractivity contribution in [3.05, 3.63) is 23.3 Å². The molecule has 0 saturated heterocycles. The predicted octanol–water partition coefficient (Wildman–Crippen LogP) is 2.73. The van der Waals surface area contributed by atoms with Gasteiger partial charge in [0.2, 0.25) is 0 Å². The maximum atomic E-state index is 10.2. The first kappa shape index (κ1) is 10.2. The van der Waals surface area contributed by atoms with Gasteiger partial charge in [0.15, 0.2) is 0 Å². The van der Waals surface area contributed by atoms with Crippen LogP contribution in [0.3, 0.4) is 0 Å². The molecule has 0 rings (SSSR count). The topological polar surface area (TPSA) is 17.1 Å². The molecule has 0 N–H and O–H groups in total. The first-order valence-electron chi connectivity index (χ1n) is 3.88. The molecule has 0 aromatic rings. The lowest BCUT2D eigenvalue weighted by Crippen LogP contribution is -1.83. The third-order valence-corrected chi connectivity index (χ3v) is 1.24. The van der Waals surface area contributed by atoms with Crippen LogP contribution in [0.25, 0.3) is 0 Å². The van der Waals surface area contributed by atoms with E-state index < -0.39 is 0 Å². The number of carbonyl (C=O) groups is 1. The lowest BCUT2D eigenvalue weighted by molar-refractivity contribution is -0.104. The van der Waals surface area contributed by atoms with Crippen LogP contribution < -0.4 is 0 Å². The van der Waals surface area contributed by atoms with Gasteiger partial charge < -0.3 is 0 Å². The van der Waals surface area contributed by atoms with E-state index in [0.29, 0.717) is 5.92 Å². The van der Waals surface area contributed by atoms with E-state index in [0.717, 1.165) is 17.4 Å². The van der Waals surface area contributed by atoms with Crippen molar-refractivity contribution in [2.45, 2.75) is 27.7 Å². The predicted molar refractivity (Wildman–Crippen MR) is 48.4 cm³/mol. The molecule has 1 heteroatoms. The summed E-state index contributed by atoms with van der Waals surface area (Å²) >= 11 is 0. The summed E-state index contributed by atoms with van der Waals surface area (Å²) in [6, 6.07) is 0. The Morgan fingerprint density at radius 2 is 1.73 bits per heavy atom. The van der Waals surface area contributed by atoms with Gasteiger partial charge in [-0.1, -0.05) is 31.6 Å². The molecule has 0 aromatic heterocycles. The lowest BCUT2D eigenvalue weighted by atomic mass is 10.1. The Bertz CT molecular complexity index is 185. The third-order valence-electron chi connectivity index (χ3n) is 1.24. The van der Waals surface area contributed by atoms with Crippen LogP contribution >= 0.6 is 0 Å². The zero-order chi connectivity index (χ0) is 8.85. The Balaban J connectivity index is 4.26. The SMILES string of the molecule is C/C(C=O)=C\C(C)=C\C(C)C. The van der Waals surface area contributed by atoms with Crippen LogP contribution in [-0.2, 0) is 4.79 Å². The summed E-state index contributed by atoms with van der Waals surface area (Å²) in [5.74, 6) is 0.547. The highest BCUT2D eigenvalue weighted by Gasteiger charge is 1.89. The Morgan fingerprint density at radius 3 is 2.09 bits per heavy atom. The van der Waals surface area contributed by atoms with Crippen LogP contribution in [0.5, 0.6) is 0 Å². The molecule has 0 amide bonds. The highest BCUT2D eigenvalue weighted by molar-refractivity contribution is 5.73. The zero-order valence-electron chi connectivity index (χ0n) is 7.72. The largest absolute Gasteiger partial charge is 0.298 e. The molecule has 0 aliphatic carbocycles. The van der Waals surface area contributed by atoms with Crippen LogP contribution in [0.2, 0.25) is 0 Å². The Kier molecular flexibility index (Phi) is 4.51. The molecule has 0 radical (unpaired) electrons. The highest BCUT2D eigenvalue weighted by atomic mass is 16.1. The van der Waals surface area contributed by atoms with Gasteiger partial charge in [-0.2, -0.15) is 0 Å². The van der Waals surface area contributed by atoms with Gasteiger partial charge in [0, 0.05) is 0 Å². The van der Waals surface area contributed by atoms with Gasteiger partial charge in [0.05, 0.1) is 0 Å². The van der Waals surface area contributed by atoms with Gasteiger partial charge >= 0.3 is 0 Å². The first-order chi connectivity index (χ1) is 5.06. The fourth-order valence-corrected chi connectivity index (χ4v) is 0.967. The fourth-order valence-electron chi connectivity index (χ4n) is 0.967. The van der Waals surface area contributed by atoms with E-state index in [-0.39, 0.29) is 0 Å². The molecule has 0 heterocycles. The molecular weight excluding hydrogens is 136 g/mol. The molecule has 0 saturated carbocycles. The molecule has 0 aliphatic heterocycles. The number of rotatable bonds is 3. The van der Waals surface area contributed by atoms with E-state index in [9.17, 15) is 4.79 Å². The number of aldehydes is 1. The van der Waals surface area contributed by atoms with Gasteiger partial charge in [-0.3, -0.25) is 4.79 Å². The average molecular weight is 152 g/mol. The maximum absolute atomic E-state index is 10.2. The molecule has 0 atom stereocenters. The molecule has 0 fully saturated rings. The second-order valence-electron chi connectivity index (χ2n) is 3.16. The molecule has 0 unspecified atom stereocenters. The molecule has 0 spiro atoms. The second kappa shape index (κ2) is 4.89. The Labute approximate surface area is 68.8 Å². The van der Waals surface area contributed by atoms with Crippen LogP contribution in [-0.4, -0.2) is 6.29 Å². The van der Waals surface area contributed by atoms with Crippen molar-refractivity contribution in [1.82, 2.24) is 0 Å². The van der Waals surface area contributed by atoms with Crippen LogP contribution in [0.4, 0.5) is 0 Å². The normalized spacial score (nSPS) is 13.9.